The largest absolute Gasteiger partial charge is 0.497 e. The zero-order valence-corrected chi connectivity index (χ0v) is 20.9. The van der Waals surface area contributed by atoms with E-state index in [1.54, 1.807) is 38.5 Å². The predicted octanol–water partition coefficient (Wildman–Crippen LogP) is 2.99. The van der Waals surface area contributed by atoms with Crippen LogP contribution in [0.3, 0.4) is 0 Å². The van der Waals surface area contributed by atoms with Crippen molar-refractivity contribution in [1.29, 1.82) is 0 Å². The number of benzene rings is 2. The number of nitrogens with zero attached hydrogens (tertiary/aromatic N) is 3. The summed E-state index contributed by atoms with van der Waals surface area (Å²) in [6, 6.07) is 8.83. The quantitative estimate of drug-likeness (QED) is 0.385. The number of ether oxygens (including phenoxy) is 4. The Morgan fingerprint density at radius 3 is 2.75 bits per heavy atom. The van der Waals surface area contributed by atoms with E-state index in [1.807, 2.05) is 13.1 Å². The summed E-state index contributed by atoms with van der Waals surface area (Å²) in [7, 11) is 5.19. The highest BCUT2D eigenvalue weighted by Gasteiger charge is 2.33. The molecule has 2 aromatic carbocycles. The summed E-state index contributed by atoms with van der Waals surface area (Å²) in [6.45, 7) is 1.31. The van der Waals surface area contributed by atoms with Crippen LogP contribution in [0.2, 0.25) is 0 Å². The molecule has 0 spiro atoms. The molecule has 3 heterocycles. The van der Waals surface area contributed by atoms with Gasteiger partial charge in [0, 0.05) is 18.3 Å². The van der Waals surface area contributed by atoms with Crippen LogP contribution >= 0.6 is 12.2 Å². The second-order valence-electron chi connectivity index (χ2n) is 8.49. The highest BCUT2D eigenvalue weighted by Crippen LogP contribution is 2.49. The molecule has 0 unspecified atom stereocenters. The molecule has 2 aliphatic heterocycles. The number of aromatic amines is 1. The summed E-state index contributed by atoms with van der Waals surface area (Å²) in [5.74, 6) is 2.28. The molecule has 5 rings (SSSR count). The lowest BCUT2D eigenvalue weighted by Gasteiger charge is -2.35. The van der Waals surface area contributed by atoms with Gasteiger partial charge < -0.3 is 24.1 Å². The number of methoxy groups -OCH3 is 2. The SMILES string of the molecule is COc1ccc(-n2c(O)c(C=NC[C@H]3c4c(cc5c(c4OC)OCO5)CCN3C)c(=O)[nH]c2=S)cc1. The van der Waals surface area contributed by atoms with Crippen molar-refractivity contribution >= 4 is 18.4 Å². The van der Waals surface area contributed by atoms with Gasteiger partial charge in [-0.05, 0) is 61.6 Å². The molecule has 3 aromatic rings. The zero-order chi connectivity index (χ0) is 25.4. The maximum atomic E-state index is 12.7. The fourth-order valence-corrected chi connectivity index (χ4v) is 4.91. The standard InChI is InChI=1S/C25H26N4O6S/c1-28-9-8-14-10-19-21(35-13-34-19)22(33-3)20(14)18(28)12-26-11-17-23(30)27-25(36)29(24(17)31)15-4-6-16(32-2)7-5-15/h4-7,10-11,18,31H,8-9,12-13H2,1-3H3,(H,27,30,36)/t18-/m0/s1. The molecule has 1 atom stereocenters. The summed E-state index contributed by atoms with van der Waals surface area (Å²) < 4.78 is 23.6. The number of aromatic nitrogens is 2. The Bertz CT molecular complexity index is 1450. The van der Waals surface area contributed by atoms with E-state index in [2.05, 4.69) is 14.9 Å². The van der Waals surface area contributed by atoms with E-state index in [0.717, 1.165) is 24.1 Å². The molecule has 0 fully saturated rings. The Labute approximate surface area is 212 Å². The number of rotatable bonds is 6. The first-order valence-electron chi connectivity index (χ1n) is 11.3. The monoisotopic (exact) mass is 510 g/mol. The van der Waals surface area contributed by atoms with Crippen LogP contribution in [0.1, 0.15) is 22.7 Å². The normalized spacial score (nSPS) is 16.8. The number of hydrogen-bond donors (Lipinski definition) is 2. The Hall–Kier alpha value is -3.83. The molecule has 0 saturated heterocycles. The molecule has 0 saturated carbocycles. The minimum Gasteiger partial charge on any atom is -0.497 e. The first-order chi connectivity index (χ1) is 17.4. The third kappa shape index (κ3) is 4.10. The van der Waals surface area contributed by atoms with Crippen molar-refractivity contribution in [3.8, 4) is 34.6 Å². The van der Waals surface area contributed by atoms with Crippen LogP contribution < -0.4 is 24.5 Å². The molecule has 0 amide bonds. The highest BCUT2D eigenvalue weighted by atomic mass is 32.1. The lowest BCUT2D eigenvalue weighted by molar-refractivity contribution is 0.170. The molecule has 188 valence electrons. The van der Waals surface area contributed by atoms with Gasteiger partial charge in [0.25, 0.3) is 5.56 Å². The summed E-state index contributed by atoms with van der Waals surface area (Å²) in [4.78, 5) is 22.0. The van der Waals surface area contributed by atoms with Crippen molar-refractivity contribution in [2.75, 3.05) is 41.1 Å². The van der Waals surface area contributed by atoms with Crippen molar-refractivity contribution in [3.63, 3.8) is 0 Å². The van der Waals surface area contributed by atoms with Gasteiger partial charge in [-0.15, -0.1) is 0 Å². The van der Waals surface area contributed by atoms with Gasteiger partial charge in [0.15, 0.2) is 16.3 Å². The van der Waals surface area contributed by atoms with E-state index in [9.17, 15) is 9.90 Å². The minimum atomic E-state index is -0.524. The maximum absolute atomic E-state index is 12.7. The number of H-pyrrole nitrogens is 1. The Morgan fingerprint density at radius 2 is 2.03 bits per heavy atom. The van der Waals surface area contributed by atoms with E-state index in [-0.39, 0.29) is 29.0 Å². The number of fused-ring (bicyclic) bond motifs is 2. The van der Waals surface area contributed by atoms with Gasteiger partial charge in [0.1, 0.15) is 11.3 Å². The van der Waals surface area contributed by atoms with Gasteiger partial charge in [-0.3, -0.25) is 24.2 Å². The summed E-state index contributed by atoms with van der Waals surface area (Å²) in [5, 5.41) is 11.0. The van der Waals surface area contributed by atoms with Crippen LogP contribution in [0.25, 0.3) is 5.69 Å². The van der Waals surface area contributed by atoms with Crippen LogP contribution in [0.15, 0.2) is 40.1 Å². The molecular formula is C25H26N4O6S. The van der Waals surface area contributed by atoms with Gasteiger partial charge in [-0.2, -0.15) is 0 Å². The highest BCUT2D eigenvalue weighted by molar-refractivity contribution is 7.71. The van der Waals surface area contributed by atoms with Crippen molar-refractivity contribution < 1.29 is 24.1 Å². The van der Waals surface area contributed by atoms with Gasteiger partial charge in [-0.1, -0.05) is 0 Å². The Morgan fingerprint density at radius 1 is 1.25 bits per heavy atom. The summed E-state index contributed by atoms with van der Waals surface area (Å²) in [5.41, 5.74) is 2.16. The molecular weight excluding hydrogens is 484 g/mol. The van der Waals surface area contributed by atoms with Crippen molar-refractivity contribution in [2.45, 2.75) is 12.5 Å². The van der Waals surface area contributed by atoms with Crippen molar-refractivity contribution in [2.24, 2.45) is 4.99 Å². The smallest absolute Gasteiger partial charge is 0.264 e. The fourth-order valence-electron chi connectivity index (χ4n) is 4.63. The topological polar surface area (TPSA) is 111 Å². The molecule has 2 aliphatic rings. The Kier molecular flexibility index (Phi) is 6.42. The maximum Gasteiger partial charge on any atom is 0.264 e. The third-order valence-corrected chi connectivity index (χ3v) is 6.78. The number of hydrogen-bond acceptors (Lipinski definition) is 9. The molecule has 0 aliphatic carbocycles. The van der Waals surface area contributed by atoms with Crippen LogP contribution in [-0.4, -0.2) is 66.9 Å². The number of aliphatic imine (C=N–C) groups is 1. The number of nitrogens with one attached hydrogen (secondary N) is 1. The zero-order valence-electron chi connectivity index (χ0n) is 20.1. The van der Waals surface area contributed by atoms with Crippen LogP contribution in [-0.2, 0) is 6.42 Å². The van der Waals surface area contributed by atoms with Crippen LogP contribution in [0.4, 0.5) is 0 Å². The first kappa shape index (κ1) is 23.9. The average molecular weight is 511 g/mol. The first-order valence-corrected chi connectivity index (χ1v) is 11.8. The van der Waals surface area contributed by atoms with Crippen LogP contribution in [0.5, 0.6) is 28.9 Å². The van der Waals surface area contributed by atoms with Gasteiger partial charge in [0.05, 0.1) is 32.5 Å². The molecule has 10 nitrogen and oxygen atoms in total. The molecule has 11 heteroatoms. The average Bonchev–Trinajstić information content (AvgIpc) is 3.34. The van der Waals surface area contributed by atoms with Crippen LogP contribution in [0, 0.1) is 4.77 Å². The second-order valence-corrected chi connectivity index (χ2v) is 8.87. The van der Waals surface area contributed by atoms with Crippen molar-refractivity contribution in [1.82, 2.24) is 14.5 Å². The van der Waals surface area contributed by atoms with Gasteiger partial charge >= 0.3 is 0 Å². The summed E-state index contributed by atoms with van der Waals surface area (Å²) in [6.07, 6.45) is 2.21. The van der Waals surface area contributed by atoms with E-state index in [4.69, 9.17) is 31.2 Å². The predicted molar refractivity (Wildman–Crippen MR) is 136 cm³/mol. The van der Waals surface area contributed by atoms with Crippen molar-refractivity contribution in [3.05, 3.63) is 62.1 Å². The lowest BCUT2D eigenvalue weighted by Crippen LogP contribution is -2.34. The minimum absolute atomic E-state index is 0.00996. The Balaban J connectivity index is 1.49. The van der Waals surface area contributed by atoms with Gasteiger partial charge in [-0.25, -0.2) is 0 Å². The molecule has 1 aromatic heterocycles. The van der Waals surface area contributed by atoms with E-state index >= 15 is 0 Å². The molecule has 0 radical (unpaired) electrons. The molecule has 2 N–H and O–H groups in total. The third-order valence-electron chi connectivity index (χ3n) is 6.50. The van der Waals surface area contributed by atoms with Gasteiger partial charge in [0.2, 0.25) is 18.4 Å². The fraction of sp³-hybridized carbons (Fsp3) is 0.320. The van der Waals surface area contributed by atoms with E-state index in [0.29, 0.717) is 35.2 Å². The number of likely N-dealkylation sites (N-methyl/N-ethyl adjacent to an activating group) is 1. The second kappa shape index (κ2) is 9.67. The lowest BCUT2D eigenvalue weighted by atomic mass is 9.91. The number of aromatic hydroxyl groups is 1. The molecule has 36 heavy (non-hydrogen) atoms. The van der Waals surface area contributed by atoms with E-state index < -0.39 is 5.56 Å². The van der Waals surface area contributed by atoms with E-state index in [1.165, 1.54) is 10.8 Å². The summed E-state index contributed by atoms with van der Waals surface area (Å²) >= 11 is 5.30. The molecule has 0 bridgehead atoms.